The van der Waals surface area contributed by atoms with E-state index in [1.807, 2.05) is 0 Å². The number of carbonyl (C=O) groups excluding carboxylic acids is 1. The van der Waals surface area contributed by atoms with Crippen LogP contribution in [0.1, 0.15) is 10.4 Å². The van der Waals surface area contributed by atoms with E-state index in [4.69, 9.17) is 16.3 Å². The molecule has 0 aliphatic rings. The van der Waals surface area contributed by atoms with E-state index in [9.17, 15) is 9.18 Å². The second-order valence-corrected chi connectivity index (χ2v) is 5.75. The Labute approximate surface area is 148 Å². The average Bonchev–Trinajstić information content (AvgIpc) is 2.91. The number of halogens is 2. The molecule has 0 saturated carbocycles. The molecule has 0 unspecified atom stereocenters. The van der Waals surface area contributed by atoms with Crippen LogP contribution in [0.5, 0.6) is 0 Å². The van der Waals surface area contributed by atoms with Crippen molar-refractivity contribution >= 4 is 45.9 Å². The number of esters is 1. The van der Waals surface area contributed by atoms with Crippen LogP contribution in [0.2, 0.25) is 5.02 Å². The lowest BCUT2D eigenvalue weighted by atomic mass is 10.1. The number of para-hydroxylation sites is 1. The number of rotatable bonds is 4. The first-order valence-electron chi connectivity index (χ1n) is 7.43. The first kappa shape index (κ1) is 17.0. The third-order valence-corrected chi connectivity index (χ3v) is 4.21. The van der Waals surface area contributed by atoms with E-state index in [1.165, 1.54) is 19.2 Å². The van der Waals surface area contributed by atoms with Crippen LogP contribution in [0, 0.1) is 5.82 Å². The third kappa shape index (κ3) is 2.98. The SMILES string of the molecule is CNc1cc2c(cc1C(=O)OC)nc(Nc1c(F)cccc1Cl)n2C. The molecular weight excluding hydrogens is 347 g/mol. The molecule has 0 aliphatic heterocycles. The Morgan fingerprint density at radius 1 is 1.36 bits per heavy atom. The number of hydrogen-bond donors (Lipinski definition) is 2. The lowest BCUT2D eigenvalue weighted by Crippen LogP contribution is -2.06. The first-order chi connectivity index (χ1) is 12.0. The Hall–Kier alpha value is -2.80. The van der Waals surface area contributed by atoms with Gasteiger partial charge < -0.3 is 19.9 Å². The van der Waals surface area contributed by atoms with E-state index in [1.54, 1.807) is 36.9 Å². The molecule has 2 N–H and O–H groups in total. The zero-order chi connectivity index (χ0) is 18.1. The molecule has 3 aromatic rings. The number of hydrogen-bond acceptors (Lipinski definition) is 5. The van der Waals surface area contributed by atoms with Crippen molar-refractivity contribution in [1.82, 2.24) is 9.55 Å². The molecule has 6 nitrogen and oxygen atoms in total. The molecule has 0 aliphatic carbocycles. The fourth-order valence-corrected chi connectivity index (χ4v) is 2.77. The summed E-state index contributed by atoms with van der Waals surface area (Å²) >= 11 is 6.05. The number of anilines is 3. The predicted octanol–water partition coefficient (Wildman–Crippen LogP) is 3.94. The third-order valence-electron chi connectivity index (χ3n) is 3.89. The second kappa shape index (κ2) is 6.60. The summed E-state index contributed by atoms with van der Waals surface area (Å²) in [6, 6.07) is 7.83. The van der Waals surface area contributed by atoms with Crippen molar-refractivity contribution in [1.29, 1.82) is 0 Å². The minimum atomic E-state index is -0.481. The number of ether oxygens (including phenoxy) is 1. The van der Waals surface area contributed by atoms with Crippen LogP contribution in [-0.4, -0.2) is 29.7 Å². The van der Waals surface area contributed by atoms with Crippen molar-refractivity contribution in [3.8, 4) is 0 Å². The van der Waals surface area contributed by atoms with Gasteiger partial charge in [-0.15, -0.1) is 0 Å². The molecule has 0 bridgehead atoms. The monoisotopic (exact) mass is 362 g/mol. The smallest absolute Gasteiger partial charge is 0.340 e. The number of imidazole rings is 1. The molecule has 0 amide bonds. The molecule has 130 valence electrons. The standard InChI is InChI=1S/C17H16ClFN4O2/c1-20-12-8-14-13(7-9(12)16(24)25-3)21-17(23(14)2)22-15-10(18)5-4-6-11(15)19/h4-8,20H,1-3H3,(H,21,22). The molecule has 0 spiro atoms. The average molecular weight is 363 g/mol. The highest BCUT2D eigenvalue weighted by molar-refractivity contribution is 6.33. The highest BCUT2D eigenvalue weighted by atomic mass is 35.5. The van der Waals surface area contributed by atoms with Crippen molar-refractivity contribution in [2.24, 2.45) is 7.05 Å². The van der Waals surface area contributed by atoms with E-state index in [-0.39, 0.29) is 10.7 Å². The minimum Gasteiger partial charge on any atom is -0.465 e. The van der Waals surface area contributed by atoms with Gasteiger partial charge in [0, 0.05) is 14.1 Å². The van der Waals surface area contributed by atoms with E-state index in [0.717, 1.165) is 5.52 Å². The molecule has 1 heterocycles. The van der Waals surface area contributed by atoms with E-state index < -0.39 is 11.8 Å². The lowest BCUT2D eigenvalue weighted by Gasteiger charge is -2.09. The molecule has 2 aromatic carbocycles. The van der Waals surface area contributed by atoms with Crippen LogP contribution in [0.15, 0.2) is 30.3 Å². The van der Waals surface area contributed by atoms with Gasteiger partial charge in [-0.2, -0.15) is 0 Å². The molecule has 0 radical (unpaired) electrons. The number of nitrogens with one attached hydrogen (secondary N) is 2. The summed E-state index contributed by atoms with van der Waals surface area (Å²) in [5, 5.41) is 6.12. The Kier molecular flexibility index (Phi) is 4.50. The Morgan fingerprint density at radius 2 is 2.12 bits per heavy atom. The molecular formula is C17H16ClFN4O2. The Bertz CT molecular complexity index is 951. The summed E-state index contributed by atoms with van der Waals surface area (Å²) in [5.41, 5.74) is 2.44. The van der Waals surface area contributed by atoms with Crippen LogP contribution in [0.4, 0.5) is 21.7 Å². The molecule has 0 atom stereocenters. The van der Waals surface area contributed by atoms with Crippen LogP contribution >= 0.6 is 11.6 Å². The fraction of sp³-hybridized carbons (Fsp3) is 0.176. The number of carbonyl (C=O) groups is 1. The number of fused-ring (bicyclic) bond motifs is 1. The number of aryl methyl sites for hydroxylation is 1. The van der Waals surface area contributed by atoms with Gasteiger partial charge in [0.2, 0.25) is 5.95 Å². The predicted molar refractivity (Wildman–Crippen MR) is 96.3 cm³/mol. The number of benzene rings is 2. The molecule has 8 heteroatoms. The second-order valence-electron chi connectivity index (χ2n) is 5.34. The highest BCUT2D eigenvalue weighted by Crippen LogP contribution is 2.31. The molecule has 25 heavy (non-hydrogen) atoms. The number of aromatic nitrogens is 2. The van der Waals surface area contributed by atoms with Gasteiger partial charge >= 0.3 is 5.97 Å². The van der Waals surface area contributed by atoms with Crippen molar-refractivity contribution < 1.29 is 13.9 Å². The number of methoxy groups -OCH3 is 1. The van der Waals surface area contributed by atoms with Gasteiger partial charge in [0.15, 0.2) is 0 Å². The topological polar surface area (TPSA) is 68.2 Å². The van der Waals surface area contributed by atoms with Crippen molar-refractivity contribution in [3.05, 3.63) is 46.7 Å². The van der Waals surface area contributed by atoms with Gasteiger partial charge in [0.1, 0.15) is 5.82 Å². The van der Waals surface area contributed by atoms with Gasteiger partial charge in [0.05, 0.1) is 40.1 Å². The van der Waals surface area contributed by atoms with Crippen LogP contribution in [-0.2, 0) is 11.8 Å². The summed E-state index contributed by atoms with van der Waals surface area (Å²) in [7, 11) is 4.81. The van der Waals surface area contributed by atoms with Gasteiger partial charge in [-0.3, -0.25) is 0 Å². The maximum atomic E-state index is 14.0. The molecule has 0 saturated heterocycles. The van der Waals surface area contributed by atoms with Crippen molar-refractivity contribution in [2.45, 2.75) is 0 Å². The molecule has 0 fully saturated rings. The van der Waals surface area contributed by atoms with E-state index >= 15 is 0 Å². The van der Waals surface area contributed by atoms with Crippen LogP contribution in [0.3, 0.4) is 0 Å². The first-order valence-corrected chi connectivity index (χ1v) is 7.81. The molecule has 1 aromatic heterocycles. The largest absolute Gasteiger partial charge is 0.465 e. The Morgan fingerprint density at radius 3 is 2.76 bits per heavy atom. The summed E-state index contributed by atoms with van der Waals surface area (Å²) in [5.74, 6) is -0.555. The zero-order valence-corrected chi connectivity index (χ0v) is 14.6. The zero-order valence-electron chi connectivity index (χ0n) is 13.9. The normalized spacial score (nSPS) is 10.8. The quantitative estimate of drug-likeness (QED) is 0.688. The van der Waals surface area contributed by atoms with Gasteiger partial charge in [-0.05, 0) is 24.3 Å². The maximum Gasteiger partial charge on any atom is 0.340 e. The van der Waals surface area contributed by atoms with E-state index in [2.05, 4.69) is 15.6 Å². The molecule has 3 rings (SSSR count). The number of nitrogens with zero attached hydrogens (tertiary/aromatic N) is 2. The summed E-state index contributed by atoms with van der Waals surface area (Å²) in [6.07, 6.45) is 0. The minimum absolute atomic E-state index is 0.143. The van der Waals surface area contributed by atoms with Crippen molar-refractivity contribution in [3.63, 3.8) is 0 Å². The summed E-state index contributed by atoms with van der Waals surface area (Å²) < 4.78 is 20.5. The highest BCUT2D eigenvalue weighted by Gasteiger charge is 2.18. The summed E-state index contributed by atoms with van der Waals surface area (Å²) in [6.45, 7) is 0. The van der Waals surface area contributed by atoms with Crippen molar-refractivity contribution in [2.75, 3.05) is 24.8 Å². The fourth-order valence-electron chi connectivity index (χ4n) is 2.56. The van der Waals surface area contributed by atoms with Gasteiger partial charge in [-0.1, -0.05) is 17.7 Å². The van der Waals surface area contributed by atoms with Crippen LogP contribution in [0.25, 0.3) is 11.0 Å². The Balaban J connectivity index is 2.12. The summed E-state index contributed by atoms with van der Waals surface area (Å²) in [4.78, 5) is 16.4. The van der Waals surface area contributed by atoms with Gasteiger partial charge in [-0.25, -0.2) is 14.2 Å². The lowest BCUT2D eigenvalue weighted by molar-refractivity contribution is 0.0602. The van der Waals surface area contributed by atoms with Crippen LogP contribution < -0.4 is 10.6 Å². The van der Waals surface area contributed by atoms with E-state index in [0.29, 0.717) is 22.7 Å². The van der Waals surface area contributed by atoms with Gasteiger partial charge in [0.25, 0.3) is 0 Å². The maximum absolute atomic E-state index is 14.0.